The van der Waals surface area contributed by atoms with Crippen molar-refractivity contribution in [2.24, 2.45) is 5.73 Å². The summed E-state index contributed by atoms with van der Waals surface area (Å²) in [5, 5.41) is 3.18. The Balaban J connectivity index is 2.74. The normalized spacial score (nSPS) is 12.5. The molecule has 0 aliphatic heterocycles. The van der Waals surface area contributed by atoms with E-state index in [-0.39, 0.29) is 12.3 Å². The highest BCUT2D eigenvalue weighted by molar-refractivity contribution is 5.93. The maximum Gasteiger partial charge on any atom is 0.248 e. The summed E-state index contributed by atoms with van der Waals surface area (Å²) < 4.78 is 10.3. The first kappa shape index (κ1) is 13.5. The summed E-state index contributed by atoms with van der Waals surface area (Å²) in [6.45, 7) is 1.93. The molecule has 0 aliphatic carbocycles. The summed E-state index contributed by atoms with van der Waals surface area (Å²) in [5.74, 6) is -0.448. The van der Waals surface area contributed by atoms with Crippen molar-refractivity contribution in [1.29, 1.82) is 0 Å². The zero-order chi connectivity index (χ0) is 12.8. The molecule has 5 heteroatoms. The van der Waals surface area contributed by atoms with Gasteiger partial charge in [0.1, 0.15) is 0 Å². The number of nitrogens with two attached hydrogens (primary N) is 1. The van der Waals surface area contributed by atoms with Gasteiger partial charge in [0, 0.05) is 25.5 Å². The topological polar surface area (TPSA) is 73.6 Å². The van der Waals surface area contributed by atoms with Crippen molar-refractivity contribution < 1.29 is 14.3 Å². The summed E-state index contributed by atoms with van der Waals surface area (Å²) in [6.07, 6.45) is -0.354. The predicted molar refractivity (Wildman–Crippen MR) is 65.9 cm³/mol. The van der Waals surface area contributed by atoms with Crippen LogP contribution in [0.4, 0.5) is 5.69 Å². The molecule has 0 saturated heterocycles. The summed E-state index contributed by atoms with van der Waals surface area (Å²) in [6, 6.07) is 6.94. The van der Waals surface area contributed by atoms with E-state index in [9.17, 15) is 4.79 Å². The zero-order valence-electron chi connectivity index (χ0n) is 10.3. The Morgan fingerprint density at radius 1 is 1.35 bits per heavy atom. The summed E-state index contributed by atoms with van der Waals surface area (Å²) in [4.78, 5) is 11.0. The van der Waals surface area contributed by atoms with Crippen LogP contribution in [0, 0.1) is 0 Å². The average Bonchev–Trinajstić information content (AvgIpc) is 2.30. The van der Waals surface area contributed by atoms with E-state index < -0.39 is 5.91 Å². The van der Waals surface area contributed by atoms with Crippen molar-refractivity contribution in [3.63, 3.8) is 0 Å². The SMILES string of the molecule is COC(OC)C(C)Nc1cccc(C(N)=O)c1. The Morgan fingerprint density at radius 3 is 2.53 bits per heavy atom. The van der Waals surface area contributed by atoms with E-state index >= 15 is 0 Å². The smallest absolute Gasteiger partial charge is 0.248 e. The molecule has 0 saturated carbocycles. The van der Waals surface area contributed by atoms with Gasteiger partial charge in [0.15, 0.2) is 6.29 Å². The number of carbonyl (C=O) groups excluding carboxylic acids is 1. The number of primary amides is 1. The monoisotopic (exact) mass is 238 g/mol. The van der Waals surface area contributed by atoms with Crippen LogP contribution in [0.15, 0.2) is 24.3 Å². The van der Waals surface area contributed by atoms with Crippen LogP contribution in [-0.4, -0.2) is 32.5 Å². The molecule has 1 atom stereocenters. The highest BCUT2D eigenvalue weighted by Crippen LogP contribution is 2.13. The first-order valence-corrected chi connectivity index (χ1v) is 5.30. The van der Waals surface area contributed by atoms with E-state index in [1.807, 2.05) is 13.0 Å². The van der Waals surface area contributed by atoms with Crippen molar-refractivity contribution in [3.8, 4) is 0 Å². The van der Waals surface area contributed by atoms with Crippen molar-refractivity contribution in [3.05, 3.63) is 29.8 Å². The van der Waals surface area contributed by atoms with Crippen molar-refractivity contribution in [1.82, 2.24) is 0 Å². The zero-order valence-corrected chi connectivity index (χ0v) is 10.3. The molecular formula is C12H18N2O3. The van der Waals surface area contributed by atoms with Crippen LogP contribution in [0.25, 0.3) is 0 Å². The van der Waals surface area contributed by atoms with Crippen LogP contribution in [0.2, 0.25) is 0 Å². The molecule has 0 radical (unpaired) electrons. The van der Waals surface area contributed by atoms with Crippen molar-refractivity contribution >= 4 is 11.6 Å². The number of anilines is 1. The first-order chi connectivity index (χ1) is 8.08. The maximum absolute atomic E-state index is 11.0. The van der Waals surface area contributed by atoms with E-state index in [4.69, 9.17) is 15.2 Å². The fraction of sp³-hybridized carbons (Fsp3) is 0.417. The molecule has 17 heavy (non-hydrogen) atoms. The summed E-state index contributed by atoms with van der Waals surface area (Å²) in [5.41, 5.74) is 6.47. The highest BCUT2D eigenvalue weighted by Gasteiger charge is 2.15. The maximum atomic E-state index is 11.0. The van der Waals surface area contributed by atoms with E-state index in [0.29, 0.717) is 5.56 Å². The lowest BCUT2D eigenvalue weighted by Crippen LogP contribution is -2.33. The van der Waals surface area contributed by atoms with Crippen molar-refractivity contribution in [2.75, 3.05) is 19.5 Å². The van der Waals surface area contributed by atoms with Crippen LogP contribution < -0.4 is 11.1 Å². The molecule has 5 nitrogen and oxygen atoms in total. The second kappa shape index (κ2) is 6.22. The molecule has 0 heterocycles. The second-order valence-electron chi connectivity index (χ2n) is 3.72. The molecule has 1 aromatic rings. The summed E-state index contributed by atoms with van der Waals surface area (Å²) >= 11 is 0. The number of carbonyl (C=O) groups is 1. The molecule has 0 spiro atoms. The van der Waals surface area contributed by atoms with Gasteiger partial charge in [-0.05, 0) is 25.1 Å². The number of amides is 1. The van der Waals surface area contributed by atoms with E-state index in [1.165, 1.54) is 0 Å². The van der Waals surface area contributed by atoms with Gasteiger partial charge in [-0.15, -0.1) is 0 Å². The minimum Gasteiger partial charge on any atom is -0.377 e. The molecule has 1 amide bonds. The standard InChI is InChI=1S/C12H18N2O3/c1-8(12(16-2)17-3)14-10-6-4-5-9(7-10)11(13)15/h4-8,12,14H,1-3H3,(H2,13,15). The Morgan fingerprint density at radius 2 is 2.00 bits per heavy atom. The third-order valence-electron chi connectivity index (χ3n) is 2.41. The molecule has 3 N–H and O–H groups in total. The van der Waals surface area contributed by atoms with Gasteiger partial charge in [-0.1, -0.05) is 6.07 Å². The van der Waals surface area contributed by atoms with Gasteiger partial charge in [-0.2, -0.15) is 0 Å². The number of methoxy groups -OCH3 is 2. The van der Waals surface area contributed by atoms with E-state index in [0.717, 1.165) is 5.69 Å². The van der Waals surface area contributed by atoms with Crippen molar-refractivity contribution in [2.45, 2.75) is 19.3 Å². The van der Waals surface area contributed by atoms with E-state index in [1.54, 1.807) is 32.4 Å². The number of hydrogen-bond donors (Lipinski definition) is 2. The van der Waals surface area contributed by atoms with Gasteiger partial charge in [0.2, 0.25) is 5.91 Å². The second-order valence-corrected chi connectivity index (χ2v) is 3.72. The summed E-state index contributed by atoms with van der Waals surface area (Å²) in [7, 11) is 3.15. The Bertz CT molecular complexity index is 378. The third kappa shape index (κ3) is 3.72. The Labute approximate surface area is 101 Å². The largest absolute Gasteiger partial charge is 0.377 e. The van der Waals surface area contributed by atoms with Crippen LogP contribution in [0.1, 0.15) is 17.3 Å². The van der Waals surface area contributed by atoms with Gasteiger partial charge in [0.25, 0.3) is 0 Å². The molecule has 1 unspecified atom stereocenters. The lowest BCUT2D eigenvalue weighted by atomic mass is 10.2. The third-order valence-corrected chi connectivity index (χ3v) is 2.41. The van der Waals surface area contributed by atoms with Gasteiger partial charge in [0.05, 0.1) is 6.04 Å². The number of nitrogens with one attached hydrogen (secondary N) is 1. The van der Waals surface area contributed by atoms with Crippen LogP contribution >= 0.6 is 0 Å². The van der Waals surface area contributed by atoms with Crippen LogP contribution in [-0.2, 0) is 9.47 Å². The number of ether oxygens (including phenoxy) is 2. The average molecular weight is 238 g/mol. The lowest BCUT2D eigenvalue weighted by Gasteiger charge is -2.23. The minimum absolute atomic E-state index is 0.0480. The molecule has 0 bridgehead atoms. The molecule has 94 valence electrons. The molecule has 1 aromatic carbocycles. The molecular weight excluding hydrogens is 220 g/mol. The quantitative estimate of drug-likeness (QED) is 0.730. The molecule has 1 rings (SSSR count). The fourth-order valence-electron chi connectivity index (χ4n) is 1.60. The Kier molecular flexibility index (Phi) is 4.93. The van der Waals surface area contributed by atoms with Gasteiger partial charge >= 0.3 is 0 Å². The molecule has 0 aliphatic rings. The lowest BCUT2D eigenvalue weighted by molar-refractivity contribution is -0.109. The minimum atomic E-state index is -0.448. The predicted octanol–water partition coefficient (Wildman–Crippen LogP) is 1.20. The van der Waals surface area contributed by atoms with Gasteiger partial charge in [-0.3, -0.25) is 4.79 Å². The van der Waals surface area contributed by atoms with Gasteiger partial charge < -0.3 is 20.5 Å². The van der Waals surface area contributed by atoms with Crippen LogP contribution in [0.3, 0.4) is 0 Å². The fourth-order valence-corrected chi connectivity index (χ4v) is 1.60. The highest BCUT2D eigenvalue weighted by atomic mass is 16.7. The van der Waals surface area contributed by atoms with Gasteiger partial charge in [-0.25, -0.2) is 0 Å². The first-order valence-electron chi connectivity index (χ1n) is 5.30. The number of hydrogen-bond acceptors (Lipinski definition) is 4. The number of benzene rings is 1. The van der Waals surface area contributed by atoms with E-state index in [2.05, 4.69) is 5.32 Å². The molecule has 0 fully saturated rings. The number of rotatable bonds is 6. The Hall–Kier alpha value is -1.59. The molecule has 0 aromatic heterocycles. The van der Waals surface area contributed by atoms with Crippen LogP contribution in [0.5, 0.6) is 0 Å².